The zero-order valence-electron chi connectivity index (χ0n) is 15.5. The van der Waals surface area contributed by atoms with Crippen molar-refractivity contribution in [1.29, 1.82) is 0 Å². The molecule has 0 saturated carbocycles. The molecule has 1 unspecified atom stereocenters. The van der Waals surface area contributed by atoms with Crippen LogP contribution in [0.4, 0.5) is 0 Å². The predicted octanol–water partition coefficient (Wildman–Crippen LogP) is 1.37. The monoisotopic (exact) mass is 394 g/mol. The van der Waals surface area contributed by atoms with E-state index in [1.807, 2.05) is 30.3 Å². The zero-order valence-corrected chi connectivity index (χ0v) is 16.3. The highest BCUT2D eigenvalue weighted by Gasteiger charge is 2.43. The van der Waals surface area contributed by atoms with Crippen LogP contribution < -0.4 is 0 Å². The highest BCUT2D eigenvalue weighted by molar-refractivity contribution is 7.89. The number of likely N-dealkylation sites (tertiary alicyclic amines) is 1. The molecule has 1 amide bonds. The van der Waals surface area contributed by atoms with E-state index in [1.165, 1.54) is 4.31 Å². The van der Waals surface area contributed by atoms with Gasteiger partial charge in [-0.05, 0) is 25.3 Å². The Labute approximate surface area is 160 Å². The topological polar surface area (TPSA) is 95.0 Å². The molecule has 1 aromatic carbocycles. The van der Waals surface area contributed by atoms with Crippen molar-refractivity contribution in [3.63, 3.8) is 0 Å². The van der Waals surface area contributed by atoms with E-state index in [4.69, 9.17) is 0 Å². The number of benzene rings is 1. The van der Waals surface area contributed by atoms with Crippen LogP contribution in [0.3, 0.4) is 0 Å². The van der Waals surface area contributed by atoms with Gasteiger partial charge in [0.2, 0.25) is 15.9 Å². The smallest absolute Gasteiger partial charge is 0.308 e. The van der Waals surface area contributed by atoms with E-state index in [-0.39, 0.29) is 30.7 Å². The fraction of sp³-hybridized carbons (Fsp3) is 0.579. The molecule has 2 aliphatic rings. The first-order valence-corrected chi connectivity index (χ1v) is 11.0. The summed E-state index contributed by atoms with van der Waals surface area (Å²) >= 11 is 0. The van der Waals surface area contributed by atoms with Gasteiger partial charge in [0.25, 0.3) is 0 Å². The summed E-state index contributed by atoms with van der Waals surface area (Å²) in [6.07, 6.45) is 1.28. The Balaban J connectivity index is 1.74. The van der Waals surface area contributed by atoms with Crippen LogP contribution in [-0.4, -0.2) is 66.5 Å². The largest absolute Gasteiger partial charge is 0.481 e. The lowest BCUT2D eigenvalue weighted by Crippen LogP contribution is -2.46. The maximum absolute atomic E-state index is 13.0. The first-order chi connectivity index (χ1) is 12.8. The van der Waals surface area contributed by atoms with Crippen molar-refractivity contribution in [1.82, 2.24) is 9.21 Å². The number of carboxylic acids is 1. The number of rotatable bonds is 5. The normalized spacial score (nSPS) is 26.9. The van der Waals surface area contributed by atoms with Crippen LogP contribution in [0.15, 0.2) is 30.3 Å². The molecule has 3 atom stereocenters. The number of piperidine rings is 1. The van der Waals surface area contributed by atoms with Gasteiger partial charge in [0, 0.05) is 32.1 Å². The SMILES string of the molecule is CCS(=O)(=O)N1CCCC(C(=O)N2C[C@H](C(=O)O)[C@H](c3ccccc3)C2)C1. The third-order valence-electron chi connectivity index (χ3n) is 5.67. The second-order valence-corrected chi connectivity index (χ2v) is 9.56. The van der Waals surface area contributed by atoms with Crippen LogP contribution in [0.1, 0.15) is 31.2 Å². The minimum absolute atomic E-state index is 0.0226. The second kappa shape index (κ2) is 7.98. The average Bonchev–Trinajstić information content (AvgIpc) is 3.14. The summed E-state index contributed by atoms with van der Waals surface area (Å²) in [5, 5.41) is 9.61. The van der Waals surface area contributed by atoms with Crippen LogP contribution in [0.25, 0.3) is 0 Å². The number of sulfonamides is 1. The highest BCUT2D eigenvalue weighted by atomic mass is 32.2. The molecule has 27 heavy (non-hydrogen) atoms. The lowest BCUT2D eigenvalue weighted by atomic mass is 9.89. The van der Waals surface area contributed by atoms with Crippen molar-refractivity contribution in [3.8, 4) is 0 Å². The van der Waals surface area contributed by atoms with E-state index >= 15 is 0 Å². The van der Waals surface area contributed by atoms with Crippen LogP contribution in [0.5, 0.6) is 0 Å². The van der Waals surface area contributed by atoms with Gasteiger partial charge in [-0.1, -0.05) is 30.3 Å². The maximum Gasteiger partial charge on any atom is 0.308 e. The Morgan fingerprint density at radius 1 is 1.15 bits per heavy atom. The highest BCUT2D eigenvalue weighted by Crippen LogP contribution is 2.34. The second-order valence-electron chi connectivity index (χ2n) is 7.30. The molecule has 1 N–H and O–H groups in total. The third-order valence-corrected chi connectivity index (χ3v) is 7.52. The molecule has 0 aliphatic carbocycles. The summed E-state index contributed by atoms with van der Waals surface area (Å²) < 4.78 is 25.7. The molecule has 2 heterocycles. The maximum atomic E-state index is 13.0. The number of hydrogen-bond acceptors (Lipinski definition) is 4. The number of carboxylic acid groups (broad SMARTS) is 1. The van der Waals surface area contributed by atoms with Gasteiger partial charge in [0.1, 0.15) is 0 Å². The van der Waals surface area contributed by atoms with Gasteiger partial charge < -0.3 is 10.0 Å². The van der Waals surface area contributed by atoms with Gasteiger partial charge in [-0.2, -0.15) is 0 Å². The molecule has 2 aliphatic heterocycles. The van der Waals surface area contributed by atoms with E-state index in [9.17, 15) is 23.1 Å². The van der Waals surface area contributed by atoms with Gasteiger partial charge in [0.05, 0.1) is 17.6 Å². The summed E-state index contributed by atoms with van der Waals surface area (Å²) in [7, 11) is -3.32. The van der Waals surface area contributed by atoms with Crippen LogP contribution in [0.2, 0.25) is 0 Å². The Morgan fingerprint density at radius 3 is 2.48 bits per heavy atom. The first-order valence-electron chi connectivity index (χ1n) is 9.38. The van der Waals surface area contributed by atoms with Crippen LogP contribution in [-0.2, 0) is 19.6 Å². The summed E-state index contributed by atoms with van der Waals surface area (Å²) in [6, 6.07) is 9.40. The number of carbonyl (C=O) groups excluding carboxylic acids is 1. The van der Waals surface area contributed by atoms with Gasteiger partial charge in [-0.25, -0.2) is 12.7 Å². The molecule has 0 radical (unpaired) electrons. The van der Waals surface area contributed by atoms with Crippen molar-refractivity contribution >= 4 is 21.9 Å². The molecule has 2 fully saturated rings. The lowest BCUT2D eigenvalue weighted by molar-refractivity contribution is -0.142. The number of aliphatic carboxylic acids is 1. The van der Waals surface area contributed by atoms with E-state index < -0.39 is 27.8 Å². The van der Waals surface area contributed by atoms with Gasteiger partial charge in [0.15, 0.2) is 0 Å². The molecule has 0 spiro atoms. The van der Waals surface area contributed by atoms with Crippen molar-refractivity contribution < 1.29 is 23.1 Å². The summed E-state index contributed by atoms with van der Waals surface area (Å²) in [5.41, 5.74) is 0.916. The van der Waals surface area contributed by atoms with Crippen LogP contribution in [0, 0.1) is 11.8 Å². The first kappa shape index (κ1) is 19.8. The molecular formula is C19H26N2O5S. The summed E-state index contributed by atoms with van der Waals surface area (Å²) in [6.45, 7) is 2.77. The molecule has 2 saturated heterocycles. The summed E-state index contributed by atoms with van der Waals surface area (Å²) in [4.78, 5) is 26.4. The summed E-state index contributed by atoms with van der Waals surface area (Å²) in [5.74, 6) is -2.30. The standard InChI is InChI=1S/C19H26N2O5S/c1-2-27(25,26)21-10-6-9-15(11-21)18(22)20-12-16(17(13-20)19(23)24)14-7-4-3-5-8-14/h3-5,7-8,15-17H,2,6,9-13H2,1H3,(H,23,24)/t15?,16-,17-/m0/s1. The van der Waals surface area contributed by atoms with Crippen molar-refractivity contribution in [3.05, 3.63) is 35.9 Å². The molecule has 7 nitrogen and oxygen atoms in total. The van der Waals surface area contributed by atoms with E-state index in [2.05, 4.69) is 0 Å². The number of nitrogens with zero attached hydrogens (tertiary/aromatic N) is 2. The van der Waals surface area contributed by atoms with E-state index in [0.29, 0.717) is 25.9 Å². The lowest BCUT2D eigenvalue weighted by Gasteiger charge is -2.33. The number of amides is 1. The van der Waals surface area contributed by atoms with Gasteiger partial charge in [-0.15, -0.1) is 0 Å². The van der Waals surface area contributed by atoms with E-state index in [1.54, 1.807) is 11.8 Å². The quantitative estimate of drug-likeness (QED) is 0.814. The Kier molecular flexibility index (Phi) is 5.86. The van der Waals surface area contributed by atoms with Crippen molar-refractivity contribution in [2.75, 3.05) is 31.9 Å². The Morgan fingerprint density at radius 2 is 1.85 bits per heavy atom. The molecule has 0 aromatic heterocycles. The Hall–Kier alpha value is -1.93. The molecule has 3 rings (SSSR count). The Bertz CT molecular complexity index is 796. The predicted molar refractivity (Wildman–Crippen MR) is 101 cm³/mol. The molecule has 0 bridgehead atoms. The zero-order chi connectivity index (χ0) is 19.6. The van der Waals surface area contributed by atoms with Gasteiger partial charge in [-0.3, -0.25) is 9.59 Å². The minimum atomic E-state index is -3.32. The van der Waals surface area contributed by atoms with E-state index in [0.717, 1.165) is 5.56 Å². The van der Waals surface area contributed by atoms with Crippen LogP contribution >= 0.6 is 0 Å². The number of hydrogen-bond donors (Lipinski definition) is 1. The fourth-order valence-corrected chi connectivity index (χ4v) is 5.29. The third kappa shape index (κ3) is 4.16. The molecule has 8 heteroatoms. The number of carbonyl (C=O) groups is 2. The minimum Gasteiger partial charge on any atom is -0.481 e. The molecule has 1 aromatic rings. The average molecular weight is 394 g/mol. The van der Waals surface area contributed by atoms with Crippen molar-refractivity contribution in [2.24, 2.45) is 11.8 Å². The molecule has 148 valence electrons. The molecular weight excluding hydrogens is 368 g/mol. The fourth-order valence-electron chi connectivity index (χ4n) is 4.11. The van der Waals surface area contributed by atoms with Gasteiger partial charge >= 0.3 is 5.97 Å². The van der Waals surface area contributed by atoms with Crippen molar-refractivity contribution in [2.45, 2.75) is 25.7 Å².